The van der Waals surface area contributed by atoms with Gasteiger partial charge in [0, 0.05) is 38.6 Å². The van der Waals surface area contributed by atoms with Crippen LogP contribution >= 0.6 is 24.8 Å². The summed E-state index contributed by atoms with van der Waals surface area (Å²) in [7, 11) is 3.95. The molecular weight excluding hydrogens is 327 g/mol. The van der Waals surface area contributed by atoms with Crippen molar-refractivity contribution >= 4 is 36.6 Å². The van der Waals surface area contributed by atoms with E-state index in [1.165, 1.54) is 12.8 Å². The molecule has 0 bridgehead atoms. The van der Waals surface area contributed by atoms with Gasteiger partial charge < -0.3 is 20.9 Å². The molecule has 0 spiro atoms. The van der Waals surface area contributed by atoms with Gasteiger partial charge in [-0.15, -0.1) is 24.8 Å². The molecule has 2 rings (SSSR count). The van der Waals surface area contributed by atoms with Gasteiger partial charge in [-0.3, -0.25) is 9.59 Å². The zero-order chi connectivity index (χ0) is 14.7. The highest BCUT2D eigenvalue weighted by molar-refractivity contribution is 5.89. The Morgan fingerprint density at radius 2 is 2.05 bits per heavy atom. The molecule has 0 aromatic carbocycles. The topological polar surface area (TPSA) is 78.7 Å². The number of nitrogens with zero attached hydrogens (tertiary/aromatic N) is 2. The summed E-state index contributed by atoms with van der Waals surface area (Å²) in [6, 6.07) is 0.0703. The Kier molecular flexibility index (Phi) is 9.31. The lowest BCUT2D eigenvalue weighted by Crippen LogP contribution is -2.42. The van der Waals surface area contributed by atoms with E-state index >= 15 is 0 Å². The highest BCUT2D eigenvalue weighted by atomic mass is 35.5. The lowest BCUT2D eigenvalue weighted by Gasteiger charge is -2.19. The van der Waals surface area contributed by atoms with Gasteiger partial charge in [0.15, 0.2) is 0 Å². The predicted octanol–water partition coefficient (Wildman–Crippen LogP) is 0.0936. The number of hydrogen-bond acceptors (Lipinski definition) is 4. The minimum absolute atomic E-state index is 0. The van der Waals surface area contributed by atoms with Gasteiger partial charge in [-0.1, -0.05) is 0 Å². The van der Waals surface area contributed by atoms with Crippen LogP contribution in [-0.2, 0) is 9.59 Å². The summed E-state index contributed by atoms with van der Waals surface area (Å²) >= 11 is 0. The lowest BCUT2D eigenvalue weighted by atomic mass is 10.1. The maximum Gasteiger partial charge on any atom is 0.225 e. The standard InChI is InChI=1S/C14H26N4O2.2ClH/c1-17(2)5-6-18-9-11(7-13(18)19)14(20)16-8-12(15)10-3-4-10;;/h10-12H,3-9,15H2,1-2H3,(H,16,20);2*1H. The number of likely N-dealkylation sites (N-methyl/N-ethyl adjacent to an activating group) is 1. The first-order chi connectivity index (χ1) is 9.47. The van der Waals surface area contributed by atoms with Crippen LogP contribution < -0.4 is 11.1 Å². The summed E-state index contributed by atoms with van der Waals surface area (Å²) in [4.78, 5) is 27.7. The van der Waals surface area contributed by atoms with Gasteiger partial charge in [-0.25, -0.2) is 0 Å². The van der Waals surface area contributed by atoms with E-state index in [0.29, 0.717) is 32.0 Å². The van der Waals surface area contributed by atoms with E-state index in [9.17, 15) is 9.59 Å². The fourth-order valence-corrected chi connectivity index (χ4v) is 2.54. The largest absolute Gasteiger partial charge is 0.354 e. The minimum atomic E-state index is -0.212. The third kappa shape index (κ3) is 6.28. The van der Waals surface area contributed by atoms with Crippen molar-refractivity contribution in [1.29, 1.82) is 0 Å². The van der Waals surface area contributed by atoms with E-state index in [2.05, 4.69) is 5.32 Å². The molecule has 2 fully saturated rings. The molecule has 2 atom stereocenters. The van der Waals surface area contributed by atoms with Crippen LogP contribution in [0.5, 0.6) is 0 Å². The Balaban J connectivity index is 0.00000220. The molecule has 0 aromatic rings. The van der Waals surface area contributed by atoms with Crippen LogP contribution in [-0.4, -0.2) is 67.9 Å². The lowest BCUT2D eigenvalue weighted by molar-refractivity contribution is -0.129. The molecule has 22 heavy (non-hydrogen) atoms. The van der Waals surface area contributed by atoms with Crippen LogP contribution in [0.4, 0.5) is 0 Å². The van der Waals surface area contributed by atoms with Crippen LogP contribution in [0.1, 0.15) is 19.3 Å². The maximum atomic E-state index is 12.1. The first-order valence-corrected chi connectivity index (χ1v) is 7.43. The van der Waals surface area contributed by atoms with Crippen molar-refractivity contribution in [3.63, 3.8) is 0 Å². The third-order valence-corrected chi connectivity index (χ3v) is 4.14. The van der Waals surface area contributed by atoms with Crippen molar-refractivity contribution < 1.29 is 9.59 Å². The summed E-state index contributed by atoms with van der Waals surface area (Å²) in [6.07, 6.45) is 2.69. The van der Waals surface area contributed by atoms with E-state index in [1.54, 1.807) is 4.90 Å². The first kappa shape index (κ1) is 21.4. The van der Waals surface area contributed by atoms with Crippen molar-refractivity contribution in [2.24, 2.45) is 17.6 Å². The zero-order valence-electron chi connectivity index (χ0n) is 13.3. The highest BCUT2D eigenvalue weighted by Gasteiger charge is 2.35. The second-order valence-corrected chi connectivity index (χ2v) is 6.29. The molecule has 1 aliphatic heterocycles. The number of nitrogens with one attached hydrogen (secondary N) is 1. The molecule has 0 radical (unpaired) electrons. The maximum absolute atomic E-state index is 12.1. The van der Waals surface area contributed by atoms with Gasteiger partial charge in [-0.2, -0.15) is 0 Å². The van der Waals surface area contributed by atoms with Crippen LogP contribution in [0.25, 0.3) is 0 Å². The summed E-state index contributed by atoms with van der Waals surface area (Å²) in [5.41, 5.74) is 5.96. The number of hydrogen-bond donors (Lipinski definition) is 2. The van der Waals surface area contributed by atoms with Crippen molar-refractivity contribution in [3.8, 4) is 0 Å². The van der Waals surface area contributed by atoms with Crippen molar-refractivity contribution in [1.82, 2.24) is 15.1 Å². The number of amides is 2. The summed E-state index contributed by atoms with van der Waals surface area (Å²) < 4.78 is 0. The molecule has 1 saturated heterocycles. The zero-order valence-corrected chi connectivity index (χ0v) is 14.9. The number of rotatable bonds is 7. The van der Waals surface area contributed by atoms with Crippen molar-refractivity contribution in [3.05, 3.63) is 0 Å². The predicted molar refractivity (Wildman–Crippen MR) is 91.4 cm³/mol. The summed E-state index contributed by atoms with van der Waals surface area (Å²) in [5, 5.41) is 2.90. The fraction of sp³-hybridized carbons (Fsp3) is 0.857. The normalized spacial score (nSPS) is 22.1. The Hall–Kier alpha value is -0.560. The van der Waals surface area contributed by atoms with Crippen LogP contribution in [0.15, 0.2) is 0 Å². The average Bonchev–Trinajstić information content (AvgIpc) is 3.17. The van der Waals surface area contributed by atoms with E-state index < -0.39 is 0 Å². The molecule has 2 aliphatic rings. The van der Waals surface area contributed by atoms with Gasteiger partial charge in [0.05, 0.1) is 5.92 Å². The molecule has 2 amide bonds. The average molecular weight is 355 g/mol. The van der Waals surface area contributed by atoms with Crippen LogP contribution in [0.3, 0.4) is 0 Å². The SMILES string of the molecule is CN(C)CCN1CC(C(=O)NCC(N)C2CC2)CC1=O.Cl.Cl. The number of carbonyl (C=O) groups is 2. The summed E-state index contributed by atoms with van der Waals surface area (Å²) in [5.74, 6) is 0.424. The number of carbonyl (C=O) groups excluding carboxylic acids is 2. The molecule has 1 aliphatic carbocycles. The Bertz CT molecular complexity index is 378. The Morgan fingerprint density at radius 1 is 1.41 bits per heavy atom. The molecule has 2 unspecified atom stereocenters. The van der Waals surface area contributed by atoms with Crippen LogP contribution in [0.2, 0.25) is 0 Å². The molecule has 130 valence electrons. The smallest absolute Gasteiger partial charge is 0.225 e. The van der Waals surface area contributed by atoms with Gasteiger partial charge in [0.25, 0.3) is 0 Å². The molecule has 3 N–H and O–H groups in total. The minimum Gasteiger partial charge on any atom is -0.354 e. The van der Waals surface area contributed by atoms with Gasteiger partial charge >= 0.3 is 0 Å². The first-order valence-electron chi connectivity index (χ1n) is 7.43. The van der Waals surface area contributed by atoms with Crippen molar-refractivity contribution in [2.45, 2.75) is 25.3 Å². The molecule has 8 heteroatoms. The molecule has 0 aromatic heterocycles. The van der Waals surface area contributed by atoms with Gasteiger partial charge in [0.2, 0.25) is 11.8 Å². The number of nitrogens with two attached hydrogens (primary N) is 1. The van der Waals surface area contributed by atoms with Crippen molar-refractivity contribution in [2.75, 3.05) is 40.3 Å². The molecular formula is C14H28Cl2N4O2. The van der Waals surface area contributed by atoms with Crippen LogP contribution in [0, 0.1) is 11.8 Å². The van der Waals surface area contributed by atoms with E-state index in [-0.39, 0.29) is 48.6 Å². The number of halogens is 2. The van der Waals surface area contributed by atoms with E-state index in [1.807, 2.05) is 19.0 Å². The summed E-state index contributed by atoms with van der Waals surface area (Å²) in [6.45, 7) is 2.59. The van der Waals surface area contributed by atoms with Gasteiger partial charge in [0.1, 0.15) is 0 Å². The monoisotopic (exact) mass is 354 g/mol. The third-order valence-electron chi connectivity index (χ3n) is 4.14. The second-order valence-electron chi connectivity index (χ2n) is 6.29. The number of likely N-dealkylation sites (tertiary alicyclic amines) is 1. The second kappa shape index (κ2) is 9.55. The van der Waals surface area contributed by atoms with Gasteiger partial charge in [-0.05, 0) is 32.9 Å². The van der Waals surface area contributed by atoms with E-state index in [4.69, 9.17) is 5.73 Å². The molecule has 1 heterocycles. The molecule has 6 nitrogen and oxygen atoms in total. The fourth-order valence-electron chi connectivity index (χ4n) is 2.54. The highest BCUT2D eigenvalue weighted by Crippen LogP contribution is 2.31. The quantitative estimate of drug-likeness (QED) is 0.679. The molecule has 1 saturated carbocycles. The Labute approximate surface area is 145 Å². The van der Waals surface area contributed by atoms with E-state index in [0.717, 1.165) is 6.54 Å². The Morgan fingerprint density at radius 3 is 2.59 bits per heavy atom.